The van der Waals surface area contributed by atoms with Gasteiger partial charge in [-0.25, -0.2) is 0 Å². The lowest BCUT2D eigenvalue weighted by Crippen LogP contribution is -1.95. The summed E-state index contributed by atoms with van der Waals surface area (Å²) in [6, 6.07) is 22.6. The van der Waals surface area contributed by atoms with Crippen LogP contribution in [-0.2, 0) is 12.8 Å². The Bertz CT molecular complexity index is 748. The molecule has 0 aliphatic carbocycles. The van der Waals surface area contributed by atoms with Crippen LogP contribution in [0.1, 0.15) is 36.1 Å². The quantitative estimate of drug-likeness (QED) is 0.499. The molecular weight excluding hydrogens is 288 g/mol. The van der Waals surface area contributed by atoms with Gasteiger partial charge in [0.15, 0.2) is 0 Å². The molecule has 0 radical (unpaired) electrons. The molecule has 0 atom stereocenters. The fourth-order valence-corrected chi connectivity index (χ4v) is 3.28. The Kier molecular flexibility index (Phi) is 4.85. The summed E-state index contributed by atoms with van der Waals surface area (Å²) in [5, 5.41) is 0. The minimum atomic E-state index is 1.05. The van der Waals surface area contributed by atoms with Gasteiger partial charge in [0.2, 0.25) is 0 Å². The second kappa shape index (κ2) is 7.05. The minimum Gasteiger partial charge on any atom is -0.0613 e. The number of aryl methyl sites for hydroxylation is 4. The van der Waals surface area contributed by atoms with Crippen molar-refractivity contribution in [3.05, 3.63) is 82.9 Å². The molecule has 0 heteroatoms. The van der Waals surface area contributed by atoms with E-state index in [0.29, 0.717) is 0 Å². The van der Waals surface area contributed by atoms with Crippen LogP contribution in [0, 0.1) is 13.8 Å². The van der Waals surface area contributed by atoms with E-state index in [-0.39, 0.29) is 0 Å². The van der Waals surface area contributed by atoms with Gasteiger partial charge in [-0.3, -0.25) is 0 Å². The Hall–Kier alpha value is -2.34. The van der Waals surface area contributed by atoms with Crippen LogP contribution in [-0.4, -0.2) is 0 Å². The predicted molar refractivity (Wildman–Crippen MR) is 106 cm³/mol. The number of hydrogen-bond acceptors (Lipinski definition) is 0. The smallest absolute Gasteiger partial charge is 0.0149 e. The van der Waals surface area contributed by atoms with Crippen LogP contribution in [0.2, 0.25) is 0 Å². The van der Waals surface area contributed by atoms with Gasteiger partial charge in [-0.05, 0) is 60.1 Å². The van der Waals surface area contributed by atoms with Crippen molar-refractivity contribution in [1.82, 2.24) is 0 Å². The number of benzene rings is 3. The Morgan fingerprint density at radius 3 is 1.17 bits per heavy atom. The lowest BCUT2D eigenvalue weighted by molar-refractivity contribution is 1.10. The monoisotopic (exact) mass is 314 g/mol. The molecule has 0 fully saturated rings. The first-order valence-corrected chi connectivity index (χ1v) is 8.92. The van der Waals surface area contributed by atoms with E-state index < -0.39 is 0 Å². The SMILES string of the molecule is CCc1cc(-c2ccc(C)cc2)c(CC)cc1-c1ccc(C)cc1. The van der Waals surface area contributed by atoms with Crippen molar-refractivity contribution in [2.75, 3.05) is 0 Å². The largest absolute Gasteiger partial charge is 0.0613 e. The van der Waals surface area contributed by atoms with Crippen LogP contribution in [0.15, 0.2) is 60.7 Å². The van der Waals surface area contributed by atoms with E-state index in [1.807, 2.05) is 0 Å². The van der Waals surface area contributed by atoms with Gasteiger partial charge < -0.3 is 0 Å². The first kappa shape index (κ1) is 16.5. The first-order valence-electron chi connectivity index (χ1n) is 8.92. The normalized spacial score (nSPS) is 10.8. The van der Waals surface area contributed by atoms with Gasteiger partial charge >= 0.3 is 0 Å². The van der Waals surface area contributed by atoms with Gasteiger partial charge in [0.1, 0.15) is 0 Å². The van der Waals surface area contributed by atoms with Crippen molar-refractivity contribution in [3.63, 3.8) is 0 Å². The minimum absolute atomic E-state index is 1.05. The molecular formula is C24H26. The van der Waals surface area contributed by atoms with Crippen molar-refractivity contribution >= 4 is 0 Å². The van der Waals surface area contributed by atoms with E-state index in [4.69, 9.17) is 0 Å². The summed E-state index contributed by atoms with van der Waals surface area (Å²) in [6.07, 6.45) is 2.10. The molecule has 0 aliphatic rings. The van der Waals surface area contributed by atoms with Gasteiger partial charge in [-0.1, -0.05) is 85.6 Å². The van der Waals surface area contributed by atoms with Crippen LogP contribution in [0.5, 0.6) is 0 Å². The zero-order valence-electron chi connectivity index (χ0n) is 15.2. The Morgan fingerprint density at radius 2 is 0.875 bits per heavy atom. The number of hydrogen-bond donors (Lipinski definition) is 0. The molecule has 3 aromatic rings. The van der Waals surface area contributed by atoms with Crippen molar-refractivity contribution in [2.45, 2.75) is 40.5 Å². The van der Waals surface area contributed by atoms with E-state index in [9.17, 15) is 0 Å². The Labute approximate surface area is 146 Å². The molecule has 0 aliphatic heterocycles. The third-order valence-corrected chi connectivity index (χ3v) is 4.82. The average Bonchev–Trinajstić information content (AvgIpc) is 2.62. The highest BCUT2D eigenvalue weighted by Gasteiger charge is 2.11. The van der Waals surface area contributed by atoms with E-state index in [0.717, 1.165) is 12.8 Å². The summed E-state index contributed by atoms with van der Waals surface area (Å²) < 4.78 is 0. The maximum absolute atomic E-state index is 2.40. The fraction of sp³-hybridized carbons (Fsp3) is 0.250. The maximum atomic E-state index is 2.40. The highest BCUT2D eigenvalue weighted by molar-refractivity contribution is 5.77. The molecule has 24 heavy (non-hydrogen) atoms. The second-order valence-corrected chi connectivity index (χ2v) is 6.61. The van der Waals surface area contributed by atoms with Crippen LogP contribution in [0.3, 0.4) is 0 Å². The summed E-state index contributed by atoms with van der Waals surface area (Å²) >= 11 is 0. The van der Waals surface area contributed by atoms with E-state index in [1.165, 1.54) is 44.5 Å². The van der Waals surface area contributed by atoms with Crippen LogP contribution in [0.4, 0.5) is 0 Å². The Morgan fingerprint density at radius 1 is 0.542 bits per heavy atom. The van der Waals surface area contributed by atoms with Crippen LogP contribution >= 0.6 is 0 Å². The topological polar surface area (TPSA) is 0 Å². The van der Waals surface area contributed by atoms with Gasteiger partial charge in [0, 0.05) is 0 Å². The molecule has 0 bridgehead atoms. The van der Waals surface area contributed by atoms with Gasteiger partial charge in [0.05, 0.1) is 0 Å². The molecule has 0 saturated heterocycles. The zero-order chi connectivity index (χ0) is 17.1. The van der Waals surface area contributed by atoms with E-state index in [1.54, 1.807) is 0 Å². The summed E-state index contributed by atoms with van der Waals surface area (Å²) in [7, 11) is 0. The third-order valence-electron chi connectivity index (χ3n) is 4.82. The van der Waals surface area contributed by atoms with E-state index in [2.05, 4.69) is 88.4 Å². The van der Waals surface area contributed by atoms with Crippen LogP contribution < -0.4 is 0 Å². The summed E-state index contributed by atoms with van der Waals surface area (Å²) in [5.74, 6) is 0. The Balaban J connectivity index is 2.16. The molecule has 0 heterocycles. The van der Waals surface area contributed by atoms with E-state index >= 15 is 0 Å². The fourth-order valence-electron chi connectivity index (χ4n) is 3.28. The molecule has 0 N–H and O–H groups in total. The van der Waals surface area contributed by atoms with Crippen molar-refractivity contribution < 1.29 is 0 Å². The lowest BCUT2D eigenvalue weighted by Gasteiger charge is -2.16. The molecule has 122 valence electrons. The van der Waals surface area contributed by atoms with Crippen molar-refractivity contribution in [2.24, 2.45) is 0 Å². The van der Waals surface area contributed by atoms with Crippen molar-refractivity contribution in [3.8, 4) is 22.3 Å². The highest BCUT2D eigenvalue weighted by atomic mass is 14.2. The molecule has 0 amide bonds. The van der Waals surface area contributed by atoms with Crippen LogP contribution in [0.25, 0.3) is 22.3 Å². The predicted octanol–water partition coefficient (Wildman–Crippen LogP) is 6.76. The summed E-state index contributed by atoms with van der Waals surface area (Å²) in [4.78, 5) is 0. The molecule has 0 spiro atoms. The maximum Gasteiger partial charge on any atom is -0.0149 e. The molecule has 0 saturated carbocycles. The lowest BCUT2D eigenvalue weighted by atomic mass is 9.88. The summed E-state index contributed by atoms with van der Waals surface area (Å²) in [6.45, 7) is 8.78. The molecule has 0 unspecified atom stereocenters. The van der Waals surface area contributed by atoms with Gasteiger partial charge in [-0.15, -0.1) is 0 Å². The molecule has 3 aromatic carbocycles. The second-order valence-electron chi connectivity index (χ2n) is 6.61. The molecule has 0 nitrogen and oxygen atoms in total. The third kappa shape index (κ3) is 3.28. The van der Waals surface area contributed by atoms with Crippen molar-refractivity contribution in [1.29, 1.82) is 0 Å². The van der Waals surface area contributed by atoms with Gasteiger partial charge in [-0.2, -0.15) is 0 Å². The molecule has 3 rings (SSSR count). The summed E-state index contributed by atoms with van der Waals surface area (Å²) in [5.41, 5.74) is 10.9. The number of rotatable bonds is 4. The standard InChI is InChI=1S/C24H26/c1-5-19-15-24(22-13-9-18(4)10-14-22)20(6-2)16-23(19)21-11-7-17(3)8-12-21/h7-16H,5-6H2,1-4H3. The highest BCUT2D eigenvalue weighted by Crippen LogP contribution is 2.33. The van der Waals surface area contributed by atoms with Gasteiger partial charge in [0.25, 0.3) is 0 Å². The zero-order valence-corrected chi connectivity index (χ0v) is 15.2. The average molecular weight is 314 g/mol. The first-order chi connectivity index (χ1) is 11.6. The molecule has 0 aromatic heterocycles.